The Morgan fingerprint density at radius 1 is 0.365 bits per heavy atom. The van der Waals surface area contributed by atoms with Crippen LogP contribution in [0, 0.1) is 0 Å². The van der Waals surface area contributed by atoms with Gasteiger partial charge in [-0.3, -0.25) is 0 Å². The van der Waals surface area contributed by atoms with Crippen LogP contribution in [0.4, 0.5) is 34.1 Å². The predicted octanol–water partition coefficient (Wildman–Crippen LogP) is 18.2. The van der Waals surface area contributed by atoms with Crippen molar-refractivity contribution < 1.29 is 8.83 Å². The van der Waals surface area contributed by atoms with Crippen molar-refractivity contribution in [1.82, 2.24) is 0 Å². The van der Waals surface area contributed by atoms with Crippen LogP contribution in [-0.4, -0.2) is 0 Å². The van der Waals surface area contributed by atoms with Crippen LogP contribution in [0.25, 0.3) is 74.8 Å². The van der Waals surface area contributed by atoms with E-state index in [0.717, 1.165) is 78.0 Å². The van der Waals surface area contributed by atoms with Gasteiger partial charge in [-0.25, -0.2) is 0 Å². The first-order valence-corrected chi connectivity index (χ1v) is 22.7. The number of nitrogens with zero attached hydrogens (tertiary/aromatic N) is 2. The summed E-state index contributed by atoms with van der Waals surface area (Å²) in [7, 11) is 0. The molecule has 3 aromatic heterocycles. The lowest BCUT2D eigenvalue weighted by atomic mass is 9.99. The Morgan fingerprint density at radius 3 is 1.41 bits per heavy atom. The molecule has 3 heterocycles. The Bertz CT molecular complexity index is 3700. The summed E-state index contributed by atoms with van der Waals surface area (Å²) in [5.41, 5.74) is 12.5. The molecule has 0 saturated heterocycles. The number of thiophene rings is 1. The van der Waals surface area contributed by atoms with E-state index in [0.29, 0.717) is 11.8 Å². The lowest BCUT2D eigenvalue weighted by molar-refractivity contribution is 0.668. The summed E-state index contributed by atoms with van der Waals surface area (Å²) in [6, 6.07) is 66.0. The van der Waals surface area contributed by atoms with Crippen molar-refractivity contribution in [2.75, 3.05) is 9.80 Å². The molecule has 0 fully saturated rings. The highest BCUT2D eigenvalue weighted by molar-refractivity contribution is 7.26. The molecule has 0 atom stereocenters. The average molecular weight is 833 g/mol. The normalized spacial score (nSPS) is 12.1. The molecule has 63 heavy (non-hydrogen) atoms. The van der Waals surface area contributed by atoms with Crippen LogP contribution in [0.5, 0.6) is 0 Å². The van der Waals surface area contributed by atoms with Gasteiger partial charge in [0, 0.05) is 64.2 Å². The number of hydrogen-bond donors (Lipinski definition) is 0. The van der Waals surface area contributed by atoms with Crippen molar-refractivity contribution in [3.05, 3.63) is 193 Å². The highest BCUT2D eigenvalue weighted by atomic mass is 32.1. The van der Waals surface area contributed by atoms with Gasteiger partial charge in [0.2, 0.25) is 0 Å². The van der Waals surface area contributed by atoms with E-state index in [1.54, 1.807) is 0 Å². The van der Waals surface area contributed by atoms with Crippen molar-refractivity contribution in [3.8, 4) is 0 Å². The molecule has 0 saturated carbocycles. The zero-order chi connectivity index (χ0) is 42.3. The summed E-state index contributed by atoms with van der Waals surface area (Å²) < 4.78 is 15.9. The number of furan rings is 2. The molecule has 12 aromatic rings. The maximum atomic E-state index is 6.74. The van der Waals surface area contributed by atoms with E-state index in [2.05, 4.69) is 207 Å². The SMILES string of the molecule is CC(C)c1ccc(N(c2ccc3c(c2)sc2cc(N(c4ccc(C(C)C)cc4)c4cccc5c4oc4ccccc45)c4ccccc4c23)c2cccc3c2oc2ccccc23)cc1. The third-order valence-corrected chi connectivity index (χ3v) is 13.9. The number of hydrogen-bond acceptors (Lipinski definition) is 5. The fourth-order valence-electron chi connectivity index (χ4n) is 9.60. The first-order chi connectivity index (χ1) is 30.9. The summed E-state index contributed by atoms with van der Waals surface area (Å²) in [5.74, 6) is 0.858. The lowest BCUT2D eigenvalue weighted by Gasteiger charge is -2.27. The molecule has 4 nitrogen and oxygen atoms in total. The summed E-state index contributed by atoms with van der Waals surface area (Å²) in [6.45, 7) is 8.98. The standard InChI is InChI=1S/C58H44N2O2S/c1-35(2)37-23-27-39(28-24-37)59(49-19-11-17-46-43-14-7-9-21-52(43)61-57(46)49)41-31-32-48-54(33-41)63-55-34-51(42-13-5-6-16-45(42)56(48)55)60(40-29-25-38(26-30-40)36(3)4)50-20-12-18-47-44-15-8-10-22-53(44)62-58(47)50/h5-36H,1-4H3. The van der Waals surface area contributed by atoms with Gasteiger partial charge in [0.1, 0.15) is 11.2 Å². The zero-order valence-electron chi connectivity index (χ0n) is 35.6. The van der Waals surface area contributed by atoms with Gasteiger partial charge in [0.05, 0.1) is 17.1 Å². The van der Waals surface area contributed by atoms with Crippen LogP contribution in [0.2, 0.25) is 0 Å². The lowest BCUT2D eigenvalue weighted by Crippen LogP contribution is -2.11. The number of fused-ring (bicyclic) bond motifs is 11. The molecule has 0 radical (unpaired) electrons. The van der Waals surface area contributed by atoms with Crippen LogP contribution in [0.3, 0.4) is 0 Å². The highest BCUT2D eigenvalue weighted by Crippen LogP contribution is 2.50. The molecule has 0 spiro atoms. The quantitative estimate of drug-likeness (QED) is 0.153. The third kappa shape index (κ3) is 6.02. The van der Waals surface area contributed by atoms with E-state index in [-0.39, 0.29) is 0 Å². The van der Waals surface area contributed by atoms with Gasteiger partial charge in [-0.1, -0.05) is 143 Å². The fourth-order valence-corrected chi connectivity index (χ4v) is 10.8. The van der Waals surface area contributed by atoms with Gasteiger partial charge in [-0.05, 0) is 95.1 Å². The van der Waals surface area contributed by atoms with Crippen LogP contribution in [-0.2, 0) is 0 Å². The predicted molar refractivity (Wildman–Crippen MR) is 269 cm³/mol. The molecule has 0 bridgehead atoms. The van der Waals surface area contributed by atoms with E-state index in [4.69, 9.17) is 8.83 Å². The monoisotopic (exact) mass is 832 g/mol. The minimum absolute atomic E-state index is 0.425. The van der Waals surface area contributed by atoms with Crippen LogP contribution >= 0.6 is 11.3 Å². The van der Waals surface area contributed by atoms with Gasteiger partial charge in [-0.15, -0.1) is 11.3 Å². The molecule has 0 unspecified atom stereocenters. The largest absolute Gasteiger partial charge is 0.454 e. The van der Waals surface area contributed by atoms with Gasteiger partial charge < -0.3 is 18.6 Å². The fraction of sp³-hybridized carbons (Fsp3) is 0.103. The summed E-state index contributed by atoms with van der Waals surface area (Å²) >= 11 is 1.85. The maximum Gasteiger partial charge on any atom is 0.159 e. The van der Waals surface area contributed by atoms with Crippen LogP contribution in [0.15, 0.2) is 191 Å². The molecular formula is C58H44N2O2S. The number of para-hydroxylation sites is 4. The van der Waals surface area contributed by atoms with E-state index < -0.39 is 0 Å². The smallest absolute Gasteiger partial charge is 0.159 e. The second-order valence-electron chi connectivity index (χ2n) is 17.3. The summed E-state index contributed by atoms with van der Waals surface area (Å²) in [6.07, 6.45) is 0. The van der Waals surface area contributed by atoms with Gasteiger partial charge in [0.15, 0.2) is 11.2 Å². The molecule has 0 aliphatic carbocycles. The summed E-state index contributed by atoms with van der Waals surface area (Å²) in [4.78, 5) is 4.77. The topological polar surface area (TPSA) is 32.8 Å². The Kier molecular flexibility index (Phi) is 8.70. The van der Waals surface area contributed by atoms with Crippen molar-refractivity contribution in [1.29, 1.82) is 0 Å². The van der Waals surface area contributed by atoms with Gasteiger partial charge >= 0.3 is 0 Å². The van der Waals surface area contributed by atoms with E-state index in [1.807, 2.05) is 23.5 Å². The third-order valence-electron chi connectivity index (χ3n) is 12.8. The minimum Gasteiger partial charge on any atom is -0.454 e. The molecule has 12 rings (SSSR count). The number of benzene rings is 9. The van der Waals surface area contributed by atoms with Gasteiger partial charge in [-0.2, -0.15) is 0 Å². The average Bonchev–Trinajstić information content (AvgIpc) is 4.01. The molecule has 0 N–H and O–H groups in total. The van der Waals surface area contributed by atoms with Crippen LogP contribution < -0.4 is 9.80 Å². The molecule has 5 heteroatoms. The summed E-state index contributed by atoms with van der Waals surface area (Å²) in [5, 5.41) is 9.36. The molecule has 304 valence electrons. The Hall–Kier alpha value is -7.34. The Labute approximate surface area is 369 Å². The van der Waals surface area contributed by atoms with Crippen molar-refractivity contribution in [2.24, 2.45) is 0 Å². The van der Waals surface area contributed by atoms with E-state index in [1.165, 1.54) is 42.1 Å². The molecule has 9 aromatic carbocycles. The van der Waals surface area contributed by atoms with Crippen LogP contribution in [0.1, 0.15) is 50.7 Å². The van der Waals surface area contributed by atoms with Crippen molar-refractivity contribution >= 4 is 120 Å². The number of rotatable bonds is 8. The Morgan fingerprint density at radius 2 is 0.841 bits per heavy atom. The maximum absolute atomic E-state index is 6.74. The second kappa shape index (κ2) is 14.6. The van der Waals surface area contributed by atoms with Gasteiger partial charge in [0.25, 0.3) is 0 Å². The molecule has 0 amide bonds. The minimum atomic E-state index is 0.425. The highest BCUT2D eigenvalue weighted by Gasteiger charge is 2.25. The Balaban J connectivity index is 1.08. The van der Waals surface area contributed by atoms with Crippen molar-refractivity contribution in [2.45, 2.75) is 39.5 Å². The first-order valence-electron chi connectivity index (χ1n) is 21.9. The first kappa shape index (κ1) is 37.4. The van der Waals surface area contributed by atoms with E-state index >= 15 is 0 Å². The molecule has 0 aliphatic heterocycles. The number of anilines is 6. The molecule has 0 aliphatic rings. The molecular weight excluding hydrogens is 789 g/mol. The van der Waals surface area contributed by atoms with Crippen molar-refractivity contribution in [3.63, 3.8) is 0 Å². The zero-order valence-corrected chi connectivity index (χ0v) is 36.4. The second-order valence-corrected chi connectivity index (χ2v) is 18.3. The van der Waals surface area contributed by atoms with E-state index in [9.17, 15) is 0 Å².